The van der Waals surface area contributed by atoms with Gasteiger partial charge in [0.25, 0.3) is 5.56 Å². The Morgan fingerprint density at radius 2 is 2.04 bits per heavy atom. The van der Waals surface area contributed by atoms with Crippen LogP contribution in [0, 0.1) is 5.82 Å². The van der Waals surface area contributed by atoms with Crippen molar-refractivity contribution in [1.82, 2.24) is 14.9 Å². The van der Waals surface area contributed by atoms with E-state index in [9.17, 15) is 9.18 Å². The molecule has 0 bridgehead atoms. The van der Waals surface area contributed by atoms with Crippen molar-refractivity contribution in [2.45, 2.75) is 19.5 Å². The van der Waals surface area contributed by atoms with Gasteiger partial charge < -0.3 is 5.73 Å². The Balaban J connectivity index is 1.50. The molecule has 128 valence electrons. The number of anilines is 1. The van der Waals surface area contributed by atoms with Crippen LogP contribution in [0.5, 0.6) is 0 Å². The Kier molecular flexibility index (Phi) is 4.10. The van der Waals surface area contributed by atoms with Crippen LogP contribution in [0.15, 0.2) is 41.2 Å². The highest BCUT2D eigenvalue weighted by Gasteiger charge is 2.21. The quantitative estimate of drug-likeness (QED) is 0.757. The van der Waals surface area contributed by atoms with Gasteiger partial charge in [-0.3, -0.25) is 14.7 Å². The van der Waals surface area contributed by atoms with Crippen LogP contribution in [0.3, 0.4) is 0 Å². The Bertz CT molecular complexity index is 964. The minimum absolute atomic E-state index is 0.148. The van der Waals surface area contributed by atoms with Crippen LogP contribution >= 0.6 is 11.3 Å². The lowest BCUT2D eigenvalue weighted by molar-refractivity contribution is 0.244. The molecule has 1 aliphatic rings. The van der Waals surface area contributed by atoms with Gasteiger partial charge in [0.15, 0.2) is 0 Å². The summed E-state index contributed by atoms with van der Waals surface area (Å²) in [4.78, 5) is 23.4. The van der Waals surface area contributed by atoms with Crippen molar-refractivity contribution in [3.8, 4) is 10.4 Å². The number of nitrogens with two attached hydrogens (primary N) is 1. The first-order valence-electron chi connectivity index (χ1n) is 8.03. The number of thiophene rings is 1. The van der Waals surface area contributed by atoms with E-state index in [4.69, 9.17) is 5.73 Å². The number of nitrogens with zero attached hydrogens (tertiary/aromatic N) is 2. The van der Waals surface area contributed by atoms with Gasteiger partial charge in [-0.15, -0.1) is 11.3 Å². The molecule has 0 atom stereocenters. The molecule has 0 saturated carbocycles. The molecule has 0 amide bonds. The highest BCUT2D eigenvalue weighted by Crippen LogP contribution is 2.29. The molecule has 1 aromatic carbocycles. The Morgan fingerprint density at radius 3 is 2.84 bits per heavy atom. The molecular weight excluding hydrogens is 339 g/mol. The topological polar surface area (TPSA) is 75.0 Å². The summed E-state index contributed by atoms with van der Waals surface area (Å²) < 4.78 is 13.1. The van der Waals surface area contributed by atoms with Crippen LogP contribution in [0.4, 0.5) is 10.3 Å². The fourth-order valence-corrected chi connectivity index (χ4v) is 4.14. The number of hydrogen-bond acceptors (Lipinski definition) is 5. The molecule has 3 aromatic rings. The zero-order chi connectivity index (χ0) is 17.4. The monoisotopic (exact) mass is 356 g/mol. The molecule has 3 heterocycles. The van der Waals surface area contributed by atoms with Crippen LogP contribution in [-0.2, 0) is 19.5 Å². The van der Waals surface area contributed by atoms with Crippen LogP contribution in [0.2, 0.25) is 0 Å². The third-order valence-corrected chi connectivity index (χ3v) is 5.45. The molecule has 0 saturated heterocycles. The molecule has 2 aromatic heterocycles. The van der Waals surface area contributed by atoms with Crippen molar-refractivity contribution < 1.29 is 4.39 Å². The number of benzene rings is 1. The molecule has 0 spiro atoms. The SMILES string of the molecule is Nc1nc2c(c(=O)[nH]1)CN(Cc1ccc(-c3ccc(F)cc3)s1)CC2. The zero-order valence-electron chi connectivity index (χ0n) is 13.5. The van der Waals surface area contributed by atoms with Crippen molar-refractivity contribution in [1.29, 1.82) is 0 Å². The molecular formula is C18H17FN4OS. The molecule has 1 aliphatic heterocycles. The highest BCUT2D eigenvalue weighted by atomic mass is 32.1. The van der Waals surface area contributed by atoms with E-state index in [0.717, 1.165) is 35.6 Å². The summed E-state index contributed by atoms with van der Waals surface area (Å²) in [5.74, 6) is -0.0497. The maximum absolute atomic E-state index is 13.1. The summed E-state index contributed by atoms with van der Waals surface area (Å²) in [7, 11) is 0. The molecule has 0 fully saturated rings. The number of halogens is 1. The number of rotatable bonds is 3. The summed E-state index contributed by atoms with van der Waals surface area (Å²) in [6.07, 6.45) is 0.722. The Morgan fingerprint density at radius 1 is 1.24 bits per heavy atom. The molecule has 25 heavy (non-hydrogen) atoms. The average Bonchev–Trinajstić information content (AvgIpc) is 3.04. The molecule has 5 nitrogen and oxygen atoms in total. The fourth-order valence-electron chi connectivity index (χ4n) is 3.09. The van der Waals surface area contributed by atoms with E-state index in [1.54, 1.807) is 23.5 Å². The third-order valence-electron chi connectivity index (χ3n) is 4.34. The van der Waals surface area contributed by atoms with E-state index < -0.39 is 0 Å². The summed E-state index contributed by atoms with van der Waals surface area (Å²) in [5.41, 5.74) is 7.98. The molecule has 0 unspecified atom stereocenters. The second kappa shape index (κ2) is 6.42. The fraction of sp³-hybridized carbons (Fsp3) is 0.222. The first-order valence-corrected chi connectivity index (χ1v) is 8.85. The van der Waals surface area contributed by atoms with Crippen LogP contribution in [0.25, 0.3) is 10.4 Å². The van der Waals surface area contributed by atoms with Gasteiger partial charge in [-0.05, 0) is 29.8 Å². The smallest absolute Gasteiger partial charge is 0.257 e. The van der Waals surface area contributed by atoms with Gasteiger partial charge in [0.2, 0.25) is 5.95 Å². The molecule has 0 aliphatic carbocycles. The minimum Gasteiger partial charge on any atom is -0.369 e. The van der Waals surface area contributed by atoms with E-state index in [-0.39, 0.29) is 17.3 Å². The highest BCUT2D eigenvalue weighted by molar-refractivity contribution is 7.15. The Hall–Kier alpha value is -2.51. The van der Waals surface area contributed by atoms with Crippen molar-refractivity contribution >= 4 is 17.3 Å². The average molecular weight is 356 g/mol. The number of H-pyrrole nitrogens is 1. The van der Waals surface area contributed by atoms with E-state index in [1.807, 2.05) is 0 Å². The lowest BCUT2D eigenvalue weighted by Crippen LogP contribution is -2.35. The first-order chi connectivity index (χ1) is 12.1. The van der Waals surface area contributed by atoms with E-state index in [0.29, 0.717) is 12.1 Å². The molecule has 0 radical (unpaired) electrons. The lowest BCUT2D eigenvalue weighted by Gasteiger charge is -2.26. The van der Waals surface area contributed by atoms with Gasteiger partial charge in [0.1, 0.15) is 5.82 Å². The van der Waals surface area contributed by atoms with Crippen LogP contribution < -0.4 is 11.3 Å². The summed E-state index contributed by atoms with van der Waals surface area (Å²) in [6.45, 7) is 2.18. The molecule has 7 heteroatoms. The van der Waals surface area contributed by atoms with Crippen molar-refractivity contribution in [2.24, 2.45) is 0 Å². The standard InChI is InChI=1S/C18H17FN4OS/c19-12-3-1-11(2-4-12)16-6-5-13(25-16)9-23-8-7-15-14(10-23)17(24)22-18(20)21-15/h1-6H,7-10H2,(H3,20,21,22,24). The van der Waals surface area contributed by atoms with E-state index in [2.05, 4.69) is 27.0 Å². The van der Waals surface area contributed by atoms with Gasteiger partial charge >= 0.3 is 0 Å². The number of nitrogen functional groups attached to an aromatic ring is 1. The predicted molar refractivity (Wildman–Crippen MR) is 96.8 cm³/mol. The van der Waals surface area contributed by atoms with Crippen LogP contribution in [-0.4, -0.2) is 21.4 Å². The second-order valence-corrected chi connectivity index (χ2v) is 7.28. The second-order valence-electron chi connectivity index (χ2n) is 6.11. The normalized spacial score (nSPS) is 14.4. The molecule has 4 rings (SSSR count). The number of aromatic amines is 1. The van der Waals surface area contributed by atoms with Crippen LogP contribution in [0.1, 0.15) is 16.1 Å². The van der Waals surface area contributed by atoms with Crippen molar-refractivity contribution in [2.75, 3.05) is 12.3 Å². The minimum atomic E-state index is -0.230. The van der Waals surface area contributed by atoms with Gasteiger partial charge in [0.05, 0.1) is 11.3 Å². The largest absolute Gasteiger partial charge is 0.369 e. The number of hydrogen-bond donors (Lipinski definition) is 2. The number of nitrogens with one attached hydrogen (secondary N) is 1. The summed E-state index contributed by atoms with van der Waals surface area (Å²) >= 11 is 1.69. The van der Waals surface area contributed by atoms with Gasteiger partial charge in [-0.2, -0.15) is 0 Å². The van der Waals surface area contributed by atoms with Gasteiger partial charge in [-0.1, -0.05) is 12.1 Å². The Labute approximate surface area is 148 Å². The third kappa shape index (κ3) is 3.33. The van der Waals surface area contributed by atoms with E-state index in [1.165, 1.54) is 17.0 Å². The zero-order valence-corrected chi connectivity index (χ0v) is 14.3. The van der Waals surface area contributed by atoms with Crippen molar-refractivity contribution in [3.05, 3.63) is 68.7 Å². The lowest BCUT2D eigenvalue weighted by atomic mass is 10.1. The van der Waals surface area contributed by atoms with Gasteiger partial charge in [0, 0.05) is 35.8 Å². The van der Waals surface area contributed by atoms with Crippen molar-refractivity contribution in [3.63, 3.8) is 0 Å². The number of aromatic nitrogens is 2. The first kappa shape index (κ1) is 16.0. The maximum atomic E-state index is 13.1. The summed E-state index contributed by atoms with van der Waals surface area (Å²) in [5, 5.41) is 0. The summed E-state index contributed by atoms with van der Waals surface area (Å²) in [6, 6.07) is 10.7. The van der Waals surface area contributed by atoms with Gasteiger partial charge in [-0.25, -0.2) is 9.37 Å². The molecule has 3 N–H and O–H groups in total. The maximum Gasteiger partial charge on any atom is 0.257 e. The van der Waals surface area contributed by atoms with E-state index >= 15 is 0 Å². The predicted octanol–water partition coefficient (Wildman–Crippen LogP) is 2.78. The number of fused-ring (bicyclic) bond motifs is 1.